The molecule has 0 saturated heterocycles. The zero-order chi connectivity index (χ0) is 12.3. The fourth-order valence-corrected chi connectivity index (χ4v) is 1.43. The van der Waals surface area contributed by atoms with Crippen molar-refractivity contribution in [1.29, 1.82) is 0 Å². The Morgan fingerprint density at radius 3 is 2.53 bits per heavy atom. The van der Waals surface area contributed by atoms with Crippen LogP contribution in [0.5, 0.6) is 0 Å². The number of hydrogen-bond donors (Lipinski definition) is 1. The Kier molecular flexibility index (Phi) is 3.19. The summed E-state index contributed by atoms with van der Waals surface area (Å²) in [6.45, 7) is 2.01. The zero-order valence-corrected chi connectivity index (χ0v) is 9.52. The van der Waals surface area contributed by atoms with Crippen molar-refractivity contribution in [2.45, 2.75) is 6.92 Å². The molecule has 86 valence electrons. The summed E-state index contributed by atoms with van der Waals surface area (Å²) in [6.07, 6.45) is 1.57. The zero-order valence-electron chi connectivity index (χ0n) is 9.52. The molecule has 0 atom stereocenters. The average molecular weight is 228 g/mol. The Morgan fingerprint density at radius 1 is 1.12 bits per heavy atom. The molecule has 0 aliphatic carbocycles. The van der Waals surface area contributed by atoms with Crippen LogP contribution < -0.4 is 5.73 Å². The number of nitrogens with two attached hydrogens (primary N) is 1. The number of nitrogen functional groups attached to an aromatic ring is 1. The van der Waals surface area contributed by atoms with Crippen LogP contribution in [-0.2, 0) is 0 Å². The van der Waals surface area contributed by atoms with Gasteiger partial charge in [0.05, 0.1) is 5.69 Å². The maximum absolute atomic E-state index is 13.0. The second-order valence-corrected chi connectivity index (χ2v) is 3.87. The molecule has 17 heavy (non-hydrogen) atoms. The van der Waals surface area contributed by atoms with E-state index in [-0.39, 0.29) is 5.82 Å². The van der Waals surface area contributed by atoms with Gasteiger partial charge in [-0.2, -0.15) is 0 Å². The number of aryl methyl sites for hydroxylation is 1. The second kappa shape index (κ2) is 4.78. The van der Waals surface area contributed by atoms with Gasteiger partial charge in [0.2, 0.25) is 0 Å². The fourth-order valence-electron chi connectivity index (χ4n) is 1.43. The van der Waals surface area contributed by atoms with Crippen molar-refractivity contribution in [2.24, 2.45) is 4.99 Å². The normalized spacial score (nSPS) is 10.9. The molecule has 2 aromatic carbocycles. The number of hydrogen-bond acceptors (Lipinski definition) is 2. The first kappa shape index (κ1) is 11.3. The fraction of sp³-hybridized carbons (Fsp3) is 0.0714. The van der Waals surface area contributed by atoms with Crippen molar-refractivity contribution in [2.75, 3.05) is 5.73 Å². The quantitative estimate of drug-likeness (QED) is 0.620. The van der Waals surface area contributed by atoms with E-state index in [1.807, 2.05) is 31.2 Å². The Bertz CT molecular complexity index is 545. The highest BCUT2D eigenvalue weighted by Crippen LogP contribution is 2.15. The van der Waals surface area contributed by atoms with Crippen LogP contribution in [0.15, 0.2) is 47.5 Å². The van der Waals surface area contributed by atoms with Crippen molar-refractivity contribution >= 4 is 17.6 Å². The minimum atomic E-state index is -0.315. The first-order valence-corrected chi connectivity index (χ1v) is 5.31. The van der Waals surface area contributed by atoms with Crippen LogP contribution in [0.1, 0.15) is 11.1 Å². The van der Waals surface area contributed by atoms with Gasteiger partial charge in [-0.1, -0.05) is 17.7 Å². The molecule has 2 rings (SSSR count). The Morgan fingerprint density at radius 2 is 1.82 bits per heavy atom. The topological polar surface area (TPSA) is 38.4 Å². The van der Waals surface area contributed by atoms with Crippen molar-refractivity contribution < 1.29 is 4.39 Å². The van der Waals surface area contributed by atoms with Crippen LogP contribution in [-0.4, -0.2) is 6.21 Å². The van der Waals surface area contributed by atoms with Crippen LogP contribution in [0.2, 0.25) is 0 Å². The minimum Gasteiger partial charge on any atom is -0.398 e. The lowest BCUT2D eigenvalue weighted by Gasteiger charge is -1.99. The van der Waals surface area contributed by atoms with Gasteiger partial charge in [0.25, 0.3) is 0 Å². The molecule has 0 aliphatic heterocycles. The molecule has 2 aromatic rings. The van der Waals surface area contributed by atoms with Gasteiger partial charge in [-0.3, -0.25) is 4.99 Å². The summed E-state index contributed by atoms with van der Waals surface area (Å²) < 4.78 is 13.0. The molecule has 0 radical (unpaired) electrons. The molecule has 0 saturated carbocycles. The predicted molar refractivity (Wildman–Crippen MR) is 69.2 cm³/mol. The Hall–Kier alpha value is -2.16. The summed E-state index contributed by atoms with van der Waals surface area (Å²) in [4.78, 5) is 4.25. The van der Waals surface area contributed by atoms with Crippen molar-refractivity contribution in [3.8, 4) is 0 Å². The predicted octanol–water partition coefficient (Wildman–Crippen LogP) is 3.47. The van der Waals surface area contributed by atoms with Crippen molar-refractivity contribution in [3.63, 3.8) is 0 Å². The second-order valence-electron chi connectivity index (χ2n) is 3.87. The highest BCUT2D eigenvalue weighted by atomic mass is 19.1. The summed E-state index contributed by atoms with van der Waals surface area (Å²) in [5.74, 6) is -0.315. The summed E-state index contributed by atoms with van der Waals surface area (Å²) in [5, 5.41) is 0. The summed E-state index contributed by atoms with van der Waals surface area (Å²) in [7, 11) is 0. The van der Waals surface area contributed by atoms with E-state index in [1.165, 1.54) is 23.8 Å². The average Bonchev–Trinajstić information content (AvgIpc) is 2.32. The lowest BCUT2D eigenvalue weighted by Crippen LogP contribution is -1.93. The minimum absolute atomic E-state index is 0.315. The van der Waals surface area contributed by atoms with Crippen molar-refractivity contribution in [1.82, 2.24) is 0 Å². The van der Waals surface area contributed by atoms with Crippen LogP contribution in [0, 0.1) is 12.7 Å². The first-order valence-electron chi connectivity index (χ1n) is 5.31. The Labute approximate surface area is 99.6 Å². The molecule has 0 amide bonds. The molecule has 0 unspecified atom stereocenters. The summed E-state index contributed by atoms with van der Waals surface area (Å²) >= 11 is 0. The maximum Gasteiger partial charge on any atom is 0.124 e. The SMILES string of the molecule is Cc1ccc(N=Cc2cc(F)ccc2N)cc1. The van der Waals surface area contributed by atoms with Crippen LogP contribution in [0.25, 0.3) is 0 Å². The highest BCUT2D eigenvalue weighted by molar-refractivity contribution is 5.88. The largest absolute Gasteiger partial charge is 0.398 e. The van der Waals surface area contributed by atoms with E-state index in [2.05, 4.69) is 4.99 Å². The molecule has 0 aromatic heterocycles. The highest BCUT2D eigenvalue weighted by Gasteiger charge is 1.97. The third-order valence-electron chi connectivity index (χ3n) is 2.44. The number of halogens is 1. The van der Waals surface area contributed by atoms with Gasteiger partial charge in [-0.15, -0.1) is 0 Å². The lowest BCUT2D eigenvalue weighted by atomic mass is 10.2. The molecule has 0 bridgehead atoms. The molecular weight excluding hydrogens is 215 g/mol. The third kappa shape index (κ3) is 2.91. The van der Waals surface area contributed by atoms with E-state index in [1.54, 1.807) is 6.21 Å². The standard InChI is InChI=1S/C14H13FN2/c1-10-2-5-13(6-3-10)17-9-11-8-12(15)4-7-14(11)16/h2-9H,16H2,1H3. The van der Waals surface area contributed by atoms with E-state index >= 15 is 0 Å². The van der Waals surface area contributed by atoms with Gasteiger partial charge in [-0.25, -0.2) is 4.39 Å². The molecule has 0 spiro atoms. The molecular formula is C14H13FN2. The molecule has 0 aliphatic rings. The maximum atomic E-state index is 13.0. The number of anilines is 1. The van der Waals surface area contributed by atoms with Gasteiger partial charge in [-0.05, 0) is 37.3 Å². The van der Waals surface area contributed by atoms with Gasteiger partial charge < -0.3 is 5.73 Å². The van der Waals surface area contributed by atoms with Crippen LogP contribution in [0.4, 0.5) is 15.8 Å². The van der Waals surface area contributed by atoms with Crippen LogP contribution >= 0.6 is 0 Å². The molecule has 3 heteroatoms. The monoisotopic (exact) mass is 228 g/mol. The van der Waals surface area contributed by atoms with Crippen LogP contribution in [0.3, 0.4) is 0 Å². The smallest absolute Gasteiger partial charge is 0.124 e. The van der Waals surface area contributed by atoms with E-state index < -0.39 is 0 Å². The first-order chi connectivity index (χ1) is 8.15. The Balaban J connectivity index is 2.25. The lowest BCUT2D eigenvalue weighted by molar-refractivity contribution is 0.628. The number of nitrogens with zero attached hydrogens (tertiary/aromatic N) is 1. The van der Waals surface area contributed by atoms with Gasteiger partial charge >= 0.3 is 0 Å². The molecule has 2 N–H and O–H groups in total. The molecule has 0 fully saturated rings. The molecule has 0 heterocycles. The number of aliphatic imine (C=N–C) groups is 1. The molecule has 2 nitrogen and oxygen atoms in total. The van der Waals surface area contributed by atoms with Crippen molar-refractivity contribution in [3.05, 3.63) is 59.4 Å². The van der Waals surface area contributed by atoms with E-state index in [0.29, 0.717) is 11.3 Å². The van der Waals surface area contributed by atoms with E-state index in [4.69, 9.17) is 5.73 Å². The van der Waals surface area contributed by atoms with Gasteiger partial charge in [0.1, 0.15) is 5.82 Å². The third-order valence-corrected chi connectivity index (χ3v) is 2.44. The van der Waals surface area contributed by atoms with Gasteiger partial charge in [0.15, 0.2) is 0 Å². The van der Waals surface area contributed by atoms with Gasteiger partial charge in [0, 0.05) is 17.5 Å². The summed E-state index contributed by atoms with van der Waals surface area (Å²) in [5.41, 5.74) is 8.82. The van der Waals surface area contributed by atoms with E-state index in [0.717, 1.165) is 5.69 Å². The van der Waals surface area contributed by atoms with E-state index in [9.17, 15) is 4.39 Å². The summed E-state index contributed by atoms with van der Waals surface area (Å²) in [6, 6.07) is 12.0. The number of benzene rings is 2. The number of rotatable bonds is 2.